The molecular formula is C13H12ClN3O3. The number of ether oxygens (including phenoxy) is 1. The summed E-state index contributed by atoms with van der Waals surface area (Å²) < 4.78 is 5.23. The minimum absolute atomic E-state index is 0.0906. The van der Waals surface area contributed by atoms with Gasteiger partial charge in [0, 0.05) is 6.07 Å². The van der Waals surface area contributed by atoms with Crippen molar-refractivity contribution >= 4 is 29.1 Å². The molecule has 7 heteroatoms. The molecule has 0 saturated heterocycles. The molecule has 0 amide bonds. The van der Waals surface area contributed by atoms with E-state index in [2.05, 4.69) is 15.3 Å². The summed E-state index contributed by atoms with van der Waals surface area (Å²) in [7, 11) is 0. The average molecular weight is 294 g/mol. The van der Waals surface area contributed by atoms with Crippen molar-refractivity contribution in [3.63, 3.8) is 0 Å². The predicted molar refractivity (Wildman–Crippen MR) is 74.9 cm³/mol. The topological polar surface area (TPSA) is 84.3 Å². The highest BCUT2D eigenvalue weighted by Gasteiger charge is 2.11. The van der Waals surface area contributed by atoms with E-state index in [0.29, 0.717) is 24.0 Å². The average Bonchev–Trinajstić information content (AvgIpc) is 2.43. The second-order valence-electron chi connectivity index (χ2n) is 3.78. The summed E-state index contributed by atoms with van der Waals surface area (Å²) in [6.45, 7) is 2.42. The molecule has 2 aromatic rings. The fraction of sp³-hybridized carbons (Fsp3) is 0.154. The summed E-state index contributed by atoms with van der Waals surface area (Å²) in [5.41, 5.74) is 0.468. The Hall–Kier alpha value is -2.34. The molecule has 2 aromatic heterocycles. The largest absolute Gasteiger partial charge is 0.478 e. The zero-order valence-corrected chi connectivity index (χ0v) is 11.4. The Bertz CT molecular complexity index is 617. The molecule has 0 aliphatic carbocycles. The lowest BCUT2D eigenvalue weighted by Gasteiger charge is -2.07. The molecule has 0 aromatic carbocycles. The molecule has 20 heavy (non-hydrogen) atoms. The van der Waals surface area contributed by atoms with Gasteiger partial charge >= 0.3 is 5.97 Å². The van der Waals surface area contributed by atoms with E-state index in [1.54, 1.807) is 24.4 Å². The van der Waals surface area contributed by atoms with Gasteiger partial charge in [-0.2, -0.15) is 0 Å². The first-order valence-electron chi connectivity index (χ1n) is 5.86. The highest BCUT2D eigenvalue weighted by Crippen LogP contribution is 2.20. The minimum Gasteiger partial charge on any atom is -0.478 e. The number of aromatic nitrogens is 2. The Morgan fingerprint density at radius 3 is 2.80 bits per heavy atom. The normalized spacial score (nSPS) is 10.1. The van der Waals surface area contributed by atoms with Crippen LogP contribution in [0.4, 0.5) is 11.5 Å². The summed E-state index contributed by atoms with van der Waals surface area (Å²) >= 11 is 5.75. The van der Waals surface area contributed by atoms with Gasteiger partial charge < -0.3 is 15.2 Å². The number of nitrogens with one attached hydrogen (secondary N) is 1. The number of aromatic carboxylic acids is 1. The molecule has 104 valence electrons. The molecule has 6 nitrogen and oxygen atoms in total. The van der Waals surface area contributed by atoms with Crippen molar-refractivity contribution in [2.45, 2.75) is 6.92 Å². The number of pyridine rings is 2. The second-order valence-corrected chi connectivity index (χ2v) is 4.18. The fourth-order valence-corrected chi connectivity index (χ4v) is 1.68. The van der Waals surface area contributed by atoms with Gasteiger partial charge in [-0.3, -0.25) is 0 Å². The first-order valence-corrected chi connectivity index (χ1v) is 6.23. The fourth-order valence-electron chi connectivity index (χ4n) is 1.50. The van der Waals surface area contributed by atoms with Gasteiger partial charge in [0.1, 0.15) is 5.82 Å². The molecule has 2 N–H and O–H groups in total. The zero-order valence-electron chi connectivity index (χ0n) is 10.6. The molecule has 0 atom stereocenters. The summed E-state index contributed by atoms with van der Waals surface area (Å²) in [4.78, 5) is 18.9. The summed E-state index contributed by atoms with van der Waals surface area (Å²) in [6, 6.07) is 6.53. The standard InChI is InChI=1S/C13H12ClN3O3/c1-2-20-11-6-3-8(7-15-11)16-10-5-4-9(14)12(17-10)13(18)19/h3-7H,2H2,1H3,(H,16,17)(H,18,19). The molecule has 0 unspecified atom stereocenters. The van der Waals surface area contributed by atoms with Crippen molar-refractivity contribution in [1.82, 2.24) is 9.97 Å². The number of anilines is 2. The molecule has 2 heterocycles. The predicted octanol–water partition coefficient (Wildman–Crippen LogP) is 2.97. The monoisotopic (exact) mass is 293 g/mol. The quantitative estimate of drug-likeness (QED) is 0.881. The number of carbonyl (C=O) groups is 1. The molecular weight excluding hydrogens is 282 g/mol. The number of carboxylic acid groups (broad SMARTS) is 1. The van der Waals surface area contributed by atoms with Crippen molar-refractivity contribution in [2.75, 3.05) is 11.9 Å². The first kappa shape index (κ1) is 14.1. The van der Waals surface area contributed by atoms with Gasteiger partial charge in [0.2, 0.25) is 5.88 Å². The lowest BCUT2D eigenvalue weighted by Crippen LogP contribution is -2.04. The van der Waals surface area contributed by atoms with Crippen LogP contribution in [0.3, 0.4) is 0 Å². The minimum atomic E-state index is -1.18. The van der Waals surface area contributed by atoms with Crippen molar-refractivity contribution in [3.05, 3.63) is 41.2 Å². The van der Waals surface area contributed by atoms with Gasteiger partial charge in [-0.15, -0.1) is 0 Å². The smallest absolute Gasteiger partial charge is 0.356 e. The van der Waals surface area contributed by atoms with Crippen LogP contribution in [0.2, 0.25) is 5.02 Å². The van der Waals surface area contributed by atoms with Crippen LogP contribution in [0.1, 0.15) is 17.4 Å². The molecule has 0 aliphatic rings. The van der Waals surface area contributed by atoms with E-state index < -0.39 is 5.97 Å². The van der Waals surface area contributed by atoms with E-state index in [9.17, 15) is 4.79 Å². The third-order valence-electron chi connectivity index (χ3n) is 2.35. The van der Waals surface area contributed by atoms with E-state index in [1.165, 1.54) is 6.07 Å². The van der Waals surface area contributed by atoms with E-state index in [0.717, 1.165) is 0 Å². The van der Waals surface area contributed by atoms with Crippen LogP contribution in [0.5, 0.6) is 5.88 Å². The van der Waals surface area contributed by atoms with Crippen LogP contribution in [0.25, 0.3) is 0 Å². The van der Waals surface area contributed by atoms with Gasteiger partial charge in [-0.05, 0) is 25.1 Å². The lowest BCUT2D eigenvalue weighted by atomic mass is 10.3. The van der Waals surface area contributed by atoms with Crippen LogP contribution < -0.4 is 10.1 Å². The number of carboxylic acids is 1. The van der Waals surface area contributed by atoms with Crippen LogP contribution in [-0.4, -0.2) is 27.7 Å². The maximum Gasteiger partial charge on any atom is 0.356 e. The number of hydrogen-bond donors (Lipinski definition) is 2. The maximum absolute atomic E-state index is 10.9. The number of rotatable bonds is 5. The second kappa shape index (κ2) is 6.21. The first-order chi connectivity index (χ1) is 9.60. The SMILES string of the molecule is CCOc1ccc(Nc2ccc(Cl)c(C(=O)O)n2)cn1. The molecule has 0 bridgehead atoms. The summed E-state index contributed by atoms with van der Waals surface area (Å²) in [5, 5.41) is 12.0. The lowest BCUT2D eigenvalue weighted by molar-refractivity contribution is 0.0691. The molecule has 0 radical (unpaired) electrons. The zero-order chi connectivity index (χ0) is 14.5. The van der Waals surface area contributed by atoms with Crippen LogP contribution in [-0.2, 0) is 0 Å². The molecule has 0 aliphatic heterocycles. The van der Waals surface area contributed by atoms with Gasteiger partial charge in [-0.1, -0.05) is 11.6 Å². The number of nitrogens with zero attached hydrogens (tertiary/aromatic N) is 2. The number of hydrogen-bond acceptors (Lipinski definition) is 5. The molecule has 0 spiro atoms. The van der Waals surface area contributed by atoms with Crippen molar-refractivity contribution < 1.29 is 14.6 Å². The summed E-state index contributed by atoms with van der Waals surface area (Å²) in [5.74, 6) is -0.283. The highest BCUT2D eigenvalue weighted by molar-refractivity contribution is 6.33. The van der Waals surface area contributed by atoms with Crippen molar-refractivity contribution in [1.29, 1.82) is 0 Å². The Labute approximate surface area is 120 Å². The Kier molecular flexibility index (Phi) is 4.37. The van der Waals surface area contributed by atoms with Crippen molar-refractivity contribution in [2.24, 2.45) is 0 Å². The third kappa shape index (κ3) is 3.36. The van der Waals surface area contributed by atoms with Gasteiger partial charge in [0.25, 0.3) is 0 Å². The summed E-state index contributed by atoms with van der Waals surface area (Å²) in [6.07, 6.45) is 1.57. The van der Waals surface area contributed by atoms with E-state index in [1.807, 2.05) is 6.92 Å². The van der Waals surface area contributed by atoms with Gasteiger partial charge in [-0.25, -0.2) is 14.8 Å². The van der Waals surface area contributed by atoms with E-state index in [4.69, 9.17) is 21.4 Å². The van der Waals surface area contributed by atoms with Crippen molar-refractivity contribution in [3.8, 4) is 5.88 Å². The molecule has 2 rings (SSSR count). The van der Waals surface area contributed by atoms with Crippen LogP contribution >= 0.6 is 11.6 Å². The molecule has 0 saturated carbocycles. The third-order valence-corrected chi connectivity index (χ3v) is 2.65. The highest BCUT2D eigenvalue weighted by atomic mass is 35.5. The molecule has 0 fully saturated rings. The number of halogens is 1. The van der Waals surface area contributed by atoms with Crippen LogP contribution in [0, 0.1) is 0 Å². The van der Waals surface area contributed by atoms with Crippen LogP contribution in [0.15, 0.2) is 30.5 Å². The van der Waals surface area contributed by atoms with Gasteiger partial charge in [0.05, 0.1) is 23.5 Å². The Balaban J connectivity index is 2.17. The van der Waals surface area contributed by atoms with E-state index >= 15 is 0 Å². The Morgan fingerprint density at radius 1 is 1.40 bits per heavy atom. The Morgan fingerprint density at radius 2 is 2.20 bits per heavy atom. The maximum atomic E-state index is 10.9. The van der Waals surface area contributed by atoms with E-state index in [-0.39, 0.29) is 10.7 Å². The van der Waals surface area contributed by atoms with Gasteiger partial charge in [0.15, 0.2) is 5.69 Å².